The Morgan fingerprint density at radius 3 is 2.65 bits per heavy atom. The van der Waals surface area contributed by atoms with Crippen LogP contribution in [-0.2, 0) is 4.74 Å². The summed E-state index contributed by atoms with van der Waals surface area (Å²) in [6.07, 6.45) is 3.30. The predicted octanol–water partition coefficient (Wildman–Crippen LogP) is 2.36. The minimum atomic E-state index is 0.329. The van der Waals surface area contributed by atoms with Crippen molar-refractivity contribution in [3.63, 3.8) is 0 Å². The van der Waals surface area contributed by atoms with Gasteiger partial charge < -0.3 is 15.0 Å². The van der Waals surface area contributed by atoms with Gasteiger partial charge in [0.1, 0.15) is 0 Å². The predicted molar refractivity (Wildman–Crippen MR) is 88.5 cm³/mol. The molecule has 0 bridgehead atoms. The number of nitrogens with zero attached hydrogens (tertiary/aromatic N) is 5. The van der Waals surface area contributed by atoms with E-state index in [2.05, 4.69) is 37.4 Å². The minimum absolute atomic E-state index is 0.329. The van der Waals surface area contributed by atoms with E-state index in [0.717, 1.165) is 32.0 Å². The molecule has 23 heavy (non-hydrogen) atoms. The van der Waals surface area contributed by atoms with E-state index in [4.69, 9.17) is 16.3 Å². The first-order valence-electron chi connectivity index (χ1n) is 7.36. The standard InChI is InChI=1S/C15H15ClN6O/c16-13-14-19-15(20-22(14)6-5-17-13)18-11-1-3-12(4-2-11)21-7-9-23-10-8-21/h1-6H,7-10H2,(H,18,20). The molecule has 118 valence electrons. The zero-order valence-corrected chi connectivity index (χ0v) is 13.1. The Kier molecular flexibility index (Phi) is 3.72. The highest BCUT2D eigenvalue weighted by atomic mass is 35.5. The summed E-state index contributed by atoms with van der Waals surface area (Å²) in [5, 5.41) is 7.83. The normalized spacial score (nSPS) is 15.1. The van der Waals surface area contributed by atoms with Crippen LogP contribution in [0.1, 0.15) is 0 Å². The third-order valence-electron chi connectivity index (χ3n) is 3.71. The molecule has 1 saturated heterocycles. The lowest BCUT2D eigenvalue weighted by molar-refractivity contribution is 0.122. The molecule has 8 heteroatoms. The van der Waals surface area contributed by atoms with Crippen molar-refractivity contribution < 1.29 is 4.74 Å². The average Bonchev–Trinajstić information content (AvgIpc) is 3.00. The number of hydrogen-bond acceptors (Lipinski definition) is 6. The first kappa shape index (κ1) is 14.2. The second kappa shape index (κ2) is 6.02. The van der Waals surface area contributed by atoms with Crippen LogP contribution in [0.3, 0.4) is 0 Å². The van der Waals surface area contributed by atoms with Gasteiger partial charge in [0, 0.05) is 36.9 Å². The lowest BCUT2D eigenvalue weighted by atomic mass is 10.2. The number of aromatic nitrogens is 4. The van der Waals surface area contributed by atoms with Crippen molar-refractivity contribution in [3.05, 3.63) is 41.8 Å². The summed E-state index contributed by atoms with van der Waals surface area (Å²) in [6.45, 7) is 3.40. The minimum Gasteiger partial charge on any atom is -0.378 e. The van der Waals surface area contributed by atoms with Crippen LogP contribution in [-0.4, -0.2) is 45.9 Å². The van der Waals surface area contributed by atoms with E-state index >= 15 is 0 Å². The third-order valence-corrected chi connectivity index (χ3v) is 3.98. The average molecular weight is 331 g/mol. The van der Waals surface area contributed by atoms with Crippen molar-refractivity contribution in [3.8, 4) is 0 Å². The molecule has 0 atom stereocenters. The van der Waals surface area contributed by atoms with E-state index < -0.39 is 0 Å². The number of fused-ring (bicyclic) bond motifs is 1. The molecule has 1 N–H and O–H groups in total. The highest BCUT2D eigenvalue weighted by Gasteiger charge is 2.11. The molecule has 0 aliphatic carbocycles. The first-order valence-corrected chi connectivity index (χ1v) is 7.74. The number of rotatable bonds is 3. The summed E-state index contributed by atoms with van der Waals surface area (Å²) in [7, 11) is 0. The number of halogens is 1. The molecule has 0 amide bonds. The second-order valence-corrected chi connectivity index (χ2v) is 5.55. The summed E-state index contributed by atoms with van der Waals surface area (Å²) < 4.78 is 6.97. The van der Waals surface area contributed by atoms with Crippen LogP contribution in [0.25, 0.3) is 5.65 Å². The quantitative estimate of drug-likeness (QED) is 0.795. The third kappa shape index (κ3) is 2.93. The fourth-order valence-corrected chi connectivity index (χ4v) is 2.73. The van der Waals surface area contributed by atoms with Crippen molar-refractivity contribution in [2.24, 2.45) is 0 Å². The van der Waals surface area contributed by atoms with E-state index in [1.165, 1.54) is 5.69 Å². The van der Waals surface area contributed by atoms with Crippen molar-refractivity contribution in [2.45, 2.75) is 0 Å². The summed E-state index contributed by atoms with van der Waals surface area (Å²) >= 11 is 6.00. The Bertz CT molecular complexity index is 812. The Hall–Kier alpha value is -2.38. The van der Waals surface area contributed by atoms with Crippen LogP contribution in [0.5, 0.6) is 0 Å². The molecular weight excluding hydrogens is 316 g/mol. The van der Waals surface area contributed by atoms with Gasteiger partial charge in [-0.3, -0.25) is 0 Å². The fraction of sp³-hybridized carbons (Fsp3) is 0.267. The molecule has 0 radical (unpaired) electrons. The fourth-order valence-electron chi connectivity index (χ4n) is 2.55. The molecule has 3 heterocycles. The molecule has 1 aliphatic heterocycles. The van der Waals surface area contributed by atoms with Crippen molar-refractivity contribution in [1.82, 2.24) is 19.6 Å². The number of hydrogen-bond donors (Lipinski definition) is 1. The summed E-state index contributed by atoms with van der Waals surface area (Å²) in [5.74, 6) is 0.485. The van der Waals surface area contributed by atoms with Gasteiger partial charge in [-0.15, -0.1) is 5.10 Å². The smallest absolute Gasteiger partial charge is 0.247 e. The van der Waals surface area contributed by atoms with Gasteiger partial charge in [-0.2, -0.15) is 4.98 Å². The van der Waals surface area contributed by atoms with Crippen LogP contribution < -0.4 is 10.2 Å². The highest BCUT2D eigenvalue weighted by Crippen LogP contribution is 2.21. The summed E-state index contributed by atoms with van der Waals surface area (Å²) in [5.41, 5.74) is 2.64. The molecular formula is C15H15ClN6O. The van der Waals surface area contributed by atoms with Crippen molar-refractivity contribution >= 4 is 34.6 Å². The number of ether oxygens (including phenoxy) is 1. The van der Waals surface area contributed by atoms with Gasteiger partial charge in [0.2, 0.25) is 5.95 Å². The molecule has 1 aliphatic rings. The van der Waals surface area contributed by atoms with Gasteiger partial charge in [-0.1, -0.05) is 11.6 Å². The monoisotopic (exact) mass is 330 g/mol. The van der Waals surface area contributed by atoms with Gasteiger partial charge in [0.15, 0.2) is 10.8 Å². The molecule has 0 spiro atoms. The van der Waals surface area contributed by atoms with Gasteiger partial charge in [0.25, 0.3) is 0 Å². The lowest BCUT2D eigenvalue weighted by Crippen LogP contribution is -2.36. The van der Waals surface area contributed by atoms with E-state index in [1.807, 2.05) is 12.1 Å². The number of anilines is 3. The lowest BCUT2D eigenvalue weighted by Gasteiger charge is -2.28. The Morgan fingerprint density at radius 1 is 1.13 bits per heavy atom. The molecule has 1 aromatic carbocycles. The van der Waals surface area contributed by atoms with Crippen LogP contribution >= 0.6 is 11.6 Å². The van der Waals surface area contributed by atoms with Crippen LogP contribution in [0, 0.1) is 0 Å². The molecule has 3 aromatic rings. The van der Waals surface area contributed by atoms with Crippen LogP contribution in [0.4, 0.5) is 17.3 Å². The Balaban J connectivity index is 1.52. The number of nitrogens with one attached hydrogen (secondary N) is 1. The highest BCUT2D eigenvalue weighted by molar-refractivity contribution is 6.32. The van der Waals surface area contributed by atoms with Gasteiger partial charge >= 0.3 is 0 Å². The van der Waals surface area contributed by atoms with E-state index in [9.17, 15) is 0 Å². The topological polar surface area (TPSA) is 67.6 Å². The van der Waals surface area contributed by atoms with E-state index in [1.54, 1.807) is 16.9 Å². The molecule has 0 unspecified atom stereocenters. The zero-order valence-electron chi connectivity index (χ0n) is 12.3. The van der Waals surface area contributed by atoms with Crippen molar-refractivity contribution in [2.75, 3.05) is 36.5 Å². The summed E-state index contributed by atoms with van der Waals surface area (Å²) in [4.78, 5) is 10.6. The van der Waals surface area contributed by atoms with Crippen molar-refractivity contribution in [1.29, 1.82) is 0 Å². The van der Waals surface area contributed by atoms with E-state index in [0.29, 0.717) is 16.7 Å². The molecule has 4 rings (SSSR count). The molecule has 0 saturated carbocycles. The Labute approximate surface area is 137 Å². The van der Waals surface area contributed by atoms with E-state index in [-0.39, 0.29) is 0 Å². The maximum atomic E-state index is 6.00. The first-order chi connectivity index (χ1) is 11.3. The maximum Gasteiger partial charge on any atom is 0.247 e. The maximum absolute atomic E-state index is 6.00. The van der Waals surface area contributed by atoms with Gasteiger partial charge in [-0.05, 0) is 24.3 Å². The summed E-state index contributed by atoms with van der Waals surface area (Å²) in [6, 6.07) is 8.18. The van der Waals surface area contributed by atoms with Gasteiger partial charge in [-0.25, -0.2) is 9.50 Å². The van der Waals surface area contributed by atoms with Crippen LogP contribution in [0.2, 0.25) is 5.15 Å². The Morgan fingerprint density at radius 2 is 1.91 bits per heavy atom. The molecule has 1 fully saturated rings. The second-order valence-electron chi connectivity index (χ2n) is 5.19. The molecule has 7 nitrogen and oxygen atoms in total. The van der Waals surface area contributed by atoms with Gasteiger partial charge in [0.05, 0.1) is 13.2 Å². The SMILES string of the molecule is Clc1nccn2nc(Nc3ccc(N4CCOCC4)cc3)nc12. The number of benzene rings is 1. The van der Waals surface area contributed by atoms with Crippen LogP contribution in [0.15, 0.2) is 36.7 Å². The number of morpholine rings is 1. The largest absolute Gasteiger partial charge is 0.378 e. The molecule has 2 aromatic heterocycles. The zero-order chi connectivity index (χ0) is 15.6.